The van der Waals surface area contributed by atoms with Crippen LogP contribution in [0.4, 0.5) is 4.39 Å². The lowest BCUT2D eigenvalue weighted by atomic mass is 10.1. The van der Waals surface area contributed by atoms with Gasteiger partial charge in [0.1, 0.15) is 23.1 Å². The highest BCUT2D eigenvalue weighted by Gasteiger charge is 2.13. The first kappa shape index (κ1) is 11.5. The van der Waals surface area contributed by atoms with Crippen LogP contribution < -0.4 is 9.47 Å². The number of hydrogen-bond acceptors (Lipinski definition) is 3. The van der Waals surface area contributed by atoms with Crippen LogP contribution in [0.3, 0.4) is 0 Å². The quantitative estimate of drug-likeness (QED) is 0.765. The molecule has 0 aliphatic heterocycles. The molecule has 0 saturated carbocycles. The molecule has 15 heavy (non-hydrogen) atoms. The Balaban J connectivity index is 3.18. The fourth-order valence-corrected chi connectivity index (χ4v) is 1.31. The van der Waals surface area contributed by atoms with Crippen molar-refractivity contribution in [3.63, 3.8) is 0 Å². The Hall–Kier alpha value is -1.58. The van der Waals surface area contributed by atoms with E-state index in [1.807, 2.05) is 0 Å². The van der Waals surface area contributed by atoms with Crippen molar-refractivity contribution in [3.8, 4) is 11.5 Å². The Labute approximate surface area is 87.8 Å². The summed E-state index contributed by atoms with van der Waals surface area (Å²) in [5, 5.41) is 0. The molecule has 0 aliphatic rings. The molecule has 0 fully saturated rings. The zero-order chi connectivity index (χ0) is 11.4. The molecule has 0 heterocycles. The summed E-state index contributed by atoms with van der Waals surface area (Å²) in [5.74, 6) is 0.109. The van der Waals surface area contributed by atoms with Gasteiger partial charge in [-0.05, 0) is 6.92 Å². The van der Waals surface area contributed by atoms with E-state index >= 15 is 0 Å². The van der Waals surface area contributed by atoms with Crippen molar-refractivity contribution < 1.29 is 18.7 Å². The molecule has 0 unspecified atom stereocenters. The van der Waals surface area contributed by atoms with Crippen molar-refractivity contribution >= 4 is 5.78 Å². The number of carbonyl (C=O) groups excluding carboxylic acids is 1. The Morgan fingerprint density at radius 2 is 2.00 bits per heavy atom. The highest BCUT2D eigenvalue weighted by molar-refractivity contribution is 5.79. The van der Waals surface area contributed by atoms with Gasteiger partial charge in [0.15, 0.2) is 0 Å². The van der Waals surface area contributed by atoms with E-state index in [1.165, 1.54) is 27.2 Å². The molecule has 0 aromatic heterocycles. The number of rotatable bonds is 4. The van der Waals surface area contributed by atoms with Gasteiger partial charge >= 0.3 is 0 Å². The largest absolute Gasteiger partial charge is 0.497 e. The van der Waals surface area contributed by atoms with Crippen LogP contribution in [0.15, 0.2) is 12.1 Å². The first-order valence-electron chi connectivity index (χ1n) is 4.48. The summed E-state index contributed by atoms with van der Waals surface area (Å²) < 4.78 is 23.4. The first-order chi connectivity index (χ1) is 7.08. The molecule has 3 nitrogen and oxygen atoms in total. The molecule has 1 rings (SSSR count). The van der Waals surface area contributed by atoms with Crippen molar-refractivity contribution in [1.82, 2.24) is 0 Å². The van der Waals surface area contributed by atoms with Crippen molar-refractivity contribution in [1.29, 1.82) is 0 Å². The summed E-state index contributed by atoms with van der Waals surface area (Å²) in [7, 11) is 2.87. The maximum atomic E-state index is 13.5. The Morgan fingerprint density at radius 1 is 1.33 bits per heavy atom. The van der Waals surface area contributed by atoms with Gasteiger partial charge in [0.25, 0.3) is 0 Å². The summed E-state index contributed by atoms with van der Waals surface area (Å²) in [4.78, 5) is 10.9. The summed E-state index contributed by atoms with van der Waals surface area (Å²) in [6, 6.07) is 2.79. The molecule has 1 aromatic rings. The molecule has 4 heteroatoms. The standard InChI is InChI=1S/C11H13FO3/c1-7(13)4-9-10(12)5-8(14-2)6-11(9)15-3/h5-6H,4H2,1-3H3. The summed E-state index contributed by atoms with van der Waals surface area (Å²) in [5.41, 5.74) is 0.269. The van der Waals surface area contributed by atoms with Crippen LogP contribution in [0.25, 0.3) is 0 Å². The van der Waals surface area contributed by atoms with Crippen LogP contribution in [0.5, 0.6) is 11.5 Å². The second-order valence-corrected chi connectivity index (χ2v) is 3.17. The van der Waals surface area contributed by atoms with Crippen LogP contribution >= 0.6 is 0 Å². The number of ketones is 1. The highest BCUT2D eigenvalue weighted by atomic mass is 19.1. The van der Waals surface area contributed by atoms with Gasteiger partial charge in [-0.25, -0.2) is 4.39 Å². The predicted molar refractivity (Wildman–Crippen MR) is 53.9 cm³/mol. The minimum Gasteiger partial charge on any atom is -0.497 e. The number of ether oxygens (including phenoxy) is 2. The number of benzene rings is 1. The summed E-state index contributed by atoms with van der Waals surface area (Å²) in [6.07, 6.45) is 0.0268. The van der Waals surface area contributed by atoms with Gasteiger partial charge in [-0.2, -0.15) is 0 Å². The maximum Gasteiger partial charge on any atom is 0.134 e. The molecule has 0 atom stereocenters. The second-order valence-electron chi connectivity index (χ2n) is 3.17. The van der Waals surface area contributed by atoms with Gasteiger partial charge in [0.2, 0.25) is 0 Å². The normalized spacial score (nSPS) is 9.87. The maximum absolute atomic E-state index is 13.5. The Morgan fingerprint density at radius 3 is 2.47 bits per heavy atom. The van der Waals surface area contributed by atoms with Crippen molar-refractivity contribution in [2.24, 2.45) is 0 Å². The number of halogens is 1. The van der Waals surface area contributed by atoms with E-state index in [-0.39, 0.29) is 17.8 Å². The molecule has 0 spiro atoms. The highest BCUT2D eigenvalue weighted by Crippen LogP contribution is 2.28. The van der Waals surface area contributed by atoms with Gasteiger partial charge < -0.3 is 9.47 Å². The van der Waals surface area contributed by atoms with Crippen LogP contribution in [-0.2, 0) is 11.2 Å². The number of methoxy groups -OCH3 is 2. The lowest BCUT2D eigenvalue weighted by Gasteiger charge is -2.10. The van der Waals surface area contributed by atoms with Crippen molar-refractivity contribution in [3.05, 3.63) is 23.5 Å². The monoisotopic (exact) mass is 212 g/mol. The smallest absolute Gasteiger partial charge is 0.134 e. The minimum absolute atomic E-state index is 0.0268. The van der Waals surface area contributed by atoms with Gasteiger partial charge in [-0.15, -0.1) is 0 Å². The van der Waals surface area contributed by atoms with Crippen molar-refractivity contribution in [2.45, 2.75) is 13.3 Å². The fourth-order valence-electron chi connectivity index (χ4n) is 1.31. The third-order valence-corrected chi connectivity index (χ3v) is 2.01. The number of carbonyl (C=O) groups is 1. The summed E-state index contributed by atoms with van der Waals surface area (Å²) >= 11 is 0. The van der Waals surface area contributed by atoms with E-state index in [0.717, 1.165) is 0 Å². The minimum atomic E-state index is -0.485. The number of Topliss-reactive ketones (excluding diaryl/α,β-unsaturated/α-hetero) is 1. The van der Waals surface area contributed by atoms with E-state index in [4.69, 9.17) is 9.47 Å². The lowest BCUT2D eigenvalue weighted by molar-refractivity contribution is -0.116. The first-order valence-corrected chi connectivity index (χ1v) is 4.48. The molecular formula is C11H13FO3. The van der Waals surface area contributed by atoms with Crippen LogP contribution in [0.2, 0.25) is 0 Å². The molecule has 0 bridgehead atoms. The van der Waals surface area contributed by atoms with Gasteiger partial charge in [0, 0.05) is 24.1 Å². The van der Waals surface area contributed by atoms with Crippen molar-refractivity contribution in [2.75, 3.05) is 14.2 Å². The Kier molecular flexibility index (Phi) is 3.66. The van der Waals surface area contributed by atoms with Crippen LogP contribution in [0, 0.1) is 5.82 Å². The van der Waals surface area contributed by atoms with E-state index in [2.05, 4.69) is 0 Å². The number of hydrogen-bond donors (Lipinski definition) is 0. The molecule has 0 saturated heterocycles. The Bertz CT molecular complexity index is 374. The third kappa shape index (κ3) is 2.68. The molecule has 0 aliphatic carbocycles. The van der Waals surface area contributed by atoms with E-state index in [1.54, 1.807) is 6.07 Å². The van der Waals surface area contributed by atoms with E-state index in [0.29, 0.717) is 11.5 Å². The second kappa shape index (κ2) is 4.77. The van der Waals surface area contributed by atoms with Gasteiger partial charge in [0.05, 0.1) is 14.2 Å². The summed E-state index contributed by atoms with van der Waals surface area (Å²) in [6.45, 7) is 1.41. The SMILES string of the molecule is COc1cc(F)c(CC(C)=O)c(OC)c1. The van der Waals surface area contributed by atoms with Gasteiger partial charge in [-0.1, -0.05) is 0 Å². The van der Waals surface area contributed by atoms with E-state index in [9.17, 15) is 9.18 Å². The van der Waals surface area contributed by atoms with Crippen LogP contribution in [0.1, 0.15) is 12.5 Å². The molecule has 82 valence electrons. The molecule has 0 radical (unpaired) electrons. The van der Waals surface area contributed by atoms with Gasteiger partial charge in [-0.3, -0.25) is 4.79 Å². The molecular weight excluding hydrogens is 199 g/mol. The molecule has 1 aromatic carbocycles. The zero-order valence-corrected chi connectivity index (χ0v) is 8.96. The van der Waals surface area contributed by atoms with Crippen LogP contribution in [-0.4, -0.2) is 20.0 Å². The average Bonchev–Trinajstić information content (AvgIpc) is 2.20. The fraction of sp³-hybridized carbons (Fsp3) is 0.364. The molecule has 0 N–H and O–H groups in total. The molecule has 0 amide bonds. The lowest BCUT2D eigenvalue weighted by Crippen LogP contribution is -2.03. The average molecular weight is 212 g/mol. The van der Waals surface area contributed by atoms with E-state index < -0.39 is 5.82 Å². The third-order valence-electron chi connectivity index (χ3n) is 2.01. The zero-order valence-electron chi connectivity index (χ0n) is 8.96. The topological polar surface area (TPSA) is 35.5 Å². The predicted octanol–water partition coefficient (Wildman–Crippen LogP) is 1.97.